The van der Waals surface area contributed by atoms with Crippen molar-refractivity contribution >= 4 is 11.6 Å². The van der Waals surface area contributed by atoms with Gasteiger partial charge >= 0.3 is 0 Å². The Bertz CT molecular complexity index is 443. The highest BCUT2D eigenvalue weighted by atomic mass is 35.5. The van der Waals surface area contributed by atoms with E-state index in [1.54, 1.807) is 25.7 Å². The molecule has 0 saturated heterocycles. The van der Waals surface area contributed by atoms with Crippen LogP contribution >= 0.6 is 11.6 Å². The third-order valence-corrected chi connectivity index (χ3v) is 2.03. The Kier molecular flexibility index (Phi) is 2.99. The van der Waals surface area contributed by atoms with Gasteiger partial charge in [0, 0.05) is 18.7 Å². The minimum absolute atomic E-state index is 0.339. The second kappa shape index (κ2) is 4.42. The standard InChI is InChI=1S/C10H9ClN2O2/c1-14-6-10-12-8(4-9(11)13-10)7-2-3-15-5-7/h2-5H,6H2,1H3. The number of hydrogen-bond acceptors (Lipinski definition) is 4. The van der Waals surface area contributed by atoms with Gasteiger partial charge in [-0.15, -0.1) is 0 Å². The van der Waals surface area contributed by atoms with Gasteiger partial charge in [0.25, 0.3) is 0 Å². The predicted octanol–water partition coefficient (Wildman–Crippen LogP) is 2.54. The lowest BCUT2D eigenvalue weighted by Crippen LogP contribution is -1.98. The minimum atomic E-state index is 0.339. The van der Waals surface area contributed by atoms with Crippen molar-refractivity contribution in [3.63, 3.8) is 0 Å². The second-order valence-electron chi connectivity index (χ2n) is 2.94. The van der Waals surface area contributed by atoms with Crippen molar-refractivity contribution in [1.82, 2.24) is 9.97 Å². The molecule has 2 heterocycles. The predicted molar refractivity (Wildman–Crippen MR) is 55.5 cm³/mol. The number of furan rings is 1. The molecule has 78 valence electrons. The van der Waals surface area contributed by atoms with Gasteiger partial charge in [0.2, 0.25) is 0 Å². The van der Waals surface area contributed by atoms with Gasteiger partial charge in [-0.05, 0) is 6.07 Å². The van der Waals surface area contributed by atoms with Gasteiger partial charge in [-0.3, -0.25) is 0 Å². The monoisotopic (exact) mass is 224 g/mol. The summed E-state index contributed by atoms with van der Waals surface area (Å²) < 4.78 is 9.92. The fourth-order valence-electron chi connectivity index (χ4n) is 1.22. The van der Waals surface area contributed by atoms with Crippen LogP contribution in [0.5, 0.6) is 0 Å². The van der Waals surface area contributed by atoms with Crippen LogP contribution in [-0.2, 0) is 11.3 Å². The molecule has 0 fully saturated rings. The van der Waals surface area contributed by atoms with Crippen LogP contribution in [0.1, 0.15) is 5.82 Å². The number of aromatic nitrogens is 2. The van der Waals surface area contributed by atoms with Crippen molar-refractivity contribution in [3.05, 3.63) is 35.6 Å². The summed E-state index contributed by atoms with van der Waals surface area (Å²) in [6.45, 7) is 0.339. The van der Waals surface area contributed by atoms with Crippen LogP contribution in [0, 0.1) is 0 Å². The number of hydrogen-bond donors (Lipinski definition) is 0. The van der Waals surface area contributed by atoms with Crippen LogP contribution < -0.4 is 0 Å². The van der Waals surface area contributed by atoms with Crippen LogP contribution in [-0.4, -0.2) is 17.1 Å². The average molecular weight is 225 g/mol. The molecule has 2 rings (SSSR count). The zero-order chi connectivity index (χ0) is 10.7. The van der Waals surface area contributed by atoms with Crippen molar-refractivity contribution in [1.29, 1.82) is 0 Å². The molecule has 0 aliphatic heterocycles. The lowest BCUT2D eigenvalue weighted by Gasteiger charge is -2.02. The molecule has 2 aromatic heterocycles. The van der Waals surface area contributed by atoms with E-state index in [1.807, 2.05) is 6.07 Å². The molecule has 0 saturated carbocycles. The van der Waals surface area contributed by atoms with Gasteiger partial charge in [0.1, 0.15) is 11.8 Å². The minimum Gasteiger partial charge on any atom is -0.472 e. The molecule has 0 aromatic carbocycles. The molecule has 5 heteroatoms. The van der Waals surface area contributed by atoms with Crippen molar-refractivity contribution in [2.24, 2.45) is 0 Å². The Labute approximate surface area is 91.9 Å². The first-order valence-corrected chi connectivity index (χ1v) is 4.72. The largest absolute Gasteiger partial charge is 0.472 e. The van der Waals surface area contributed by atoms with Gasteiger partial charge in [0.05, 0.1) is 18.2 Å². The molecule has 0 N–H and O–H groups in total. The highest BCUT2D eigenvalue weighted by molar-refractivity contribution is 6.29. The zero-order valence-corrected chi connectivity index (χ0v) is 8.86. The van der Waals surface area contributed by atoms with E-state index in [2.05, 4.69) is 9.97 Å². The van der Waals surface area contributed by atoms with Crippen molar-refractivity contribution in [3.8, 4) is 11.3 Å². The quantitative estimate of drug-likeness (QED) is 0.752. The summed E-state index contributed by atoms with van der Waals surface area (Å²) >= 11 is 5.87. The third kappa shape index (κ3) is 2.34. The molecular formula is C10H9ClN2O2. The zero-order valence-electron chi connectivity index (χ0n) is 8.11. The summed E-state index contributed by atoms with van der Waals surface area (Å²) in [5.41, 5.74) is 1.60. The van der Waals surface area contributed by atoms with E-state index in [0.717, 1.165) is 11.3 Å². The lowest BCUT2D eigenvalue weighted by atomic mass is 10.2. The molecule has 0 atom stereocenters. The third-order valence-electron chi connectivity index (χ3n) is 1.83. The molecule has 0 spiro atoms. The van der Waals surface area contributed by atoms with E-state index >= 15 is 0 Å². The van der Waals surface area contributed by atoms with E-state index in [-0.39, 0.29) is 0 Å². The van der Waals surface area contributed by atoms with Crippen molar-refractivity contribution in [2.75, 3.05) is 7.11 Å². The summed E-state index contributed by atoms with van der Waals surface area (Å²) in [5, 5.41) is 0.397. The number of nitrogens with zero attached hydrogens (tertiary/aromatic N) is 2. The molecule has 0 aliphatic carbocycles. The van der Waals surface area contributed by atoms with E-state index in [1.165, 1.54) is 0 Å². The Morgan fingerprint density at radius 3 is 3.00 bits per heavy atom. The fourth-order valence-corrected chi connectivity index (χ4v) is 1.42. The maximum absolute atomic E-state index is 5.87. The van der Waals surface area contributed by atoms with Gasteiger partial charge in [0.15, 0.2) is 5.82 Å². The molecule has 0 amide bonds. The van der Waals surface area contributed by atoms with Crippen molar-refractivity contribution in [2.45, 2.75) is 6.61 Å². The summed E-state index contributed by atoms with van der Waals surface area (Å²) in [6, 6.07) is 3.50. The van der Waals surface area contributed by atoms with Gasteiger partial charge < -0.3 is 9.15 Å². The van der Waals surface area contributed by atoms with Crippen LogP contribution in [0.4, 0.5) is 0 Å². The van der Waals surface area contributed by atoms with Gasteiger partial charge in [-0.1, -0.05) is 11.6 Å². The van der Waals surface area contributed by atoms with E-state index in [4.69, 9.17) is 20.8 Å². The first kappa shape index (κ1) is 10.1. The molecule has 0 aliphatic rings. The molecule has 2 aromatic rings. The number of methoxy groups -OCH3 is 1. The normalized spacial score (nSPS) is 10.5. The van der Waals surface area contributed by atoms with Crippen LogP contribution in [0.2, 0.25) is 5.15 Å². The maximum atomic E-state index is 5.87. The SMILES string of the molecule is COCc1nc(Cl)cc(-c2ccoc2)n1. The van der Waals surface area contributed by atoms with Crippen LogP contribution in [0.25, 0.3) is 11.3 Å². The Morgan fingerprint density at radius 1 is 1.47 bits per heavy atom. The van der Waals surface area contributed by atoms with Crippen LogP contribution in [0.3, 0.4) is 0 Å². The molecule has 4 nitrogen and oxygen atoms in total. The molecule has 0 radical (unpaired) electrons. The topological polar surface area (TPSA) is 48.2 Å². The van der Waals surface area contributed by atoms with E-state index in [9.17, 15) is 0 Å². The average Bonchev–Trinajstić information content (AvgIpc) is 2.70. The Hall–Kier alpha value is -1.39. The van der Waals surface area contributed by atoms with Crippen molar-refractivity contribution < 1.29 is 9.15 Å². The number of halogens is 1. The Morgan fingerprint density at radius 2 is 2.33 bits per heavy atom. The van der Waals surface area contributed by atoms with Crippen LogP contribution in [0.15, 0.2) is 29.1 Å². The first-order valence-electron chi connectivity index (χ1n) is 4.34. The van der Waals surface area contributed by atoms with Gasteiger partial charge in [-0.2, -0.15) is 0 Å². The highest BCUT2D eigenvalue weighted by Crippen LogP contribution is 2.20. The molecule has 0 bridgehead atoms. The van der Waals surface area contributed by atoms with Gasteiger partial charge in [-0.25, -0.2) is 9.97 Å². The first-order chi connectivity index (χ1) is 7.29. The summed E-state index contributed by atoms with van der Waals surface area (Å²) in [4.78, 5) is 8.32. The number of ether oxygens (including phenoxy) is 1. The van der Waals surface area contributed by atoms with E-state index < -0.39 is 0 Å². The summed E-state index contributed by atoms with van der Waals surface area (Å²) in [5.74, 6) is 0.557. The molecule has 0 unspecified atom stereocenters. The fraction of sp³-hybridized carbons (Fsp3) is 0.200. The smallest absolute Gasteiger partial charge is 0.156 e. The maximum Gasteiger partial charge on any atom is 0.156 e. The Balaban J connectivity index is 2.40. The lowest BCUT2D eigenvalue weighted by molar-refractivity contribution is 0.178. The highest BCUT2D eigenvalue weighted by Gasteiger charge is 2.06. The summed E-state index contributed by atoms with van der Waals surface area (Å²) in [7, 11) is 1.59. The molecular weight excluding hydrogens is 216 g/mol. The second-order valence-corrected chi connectivity index (χ2v) is 3.32. The number of rotatable bonds is 3. The molecule has 15 heavy (non-hydrogen) atoms. The van der Waals surface area contributed by atoms with E-state index in [0.29, 0.717) is 17.6 Å². The summed E-state index contributed by atoms with van der Waals surface area (Å²) in [6.07, 6.45) is 3.19.